The number of nitrogens with zero attached hydrogens (tertiary/aromatic N) is 4. The lowest BCUT2D eigenvalue weighted by Gasteiger charge is -2.29. The number of thiophene rings is 1. The molecule has 0 bridgehead atoms. The molecule has 8 nitrogen and oxygen atoms in total. The van der Waals surface area contributed by atoms with Gasteiger partial charge in [-0.05, 0) is 42.8 Å². The molecule has 1 fully saturated rings. The molecule has 4 rings (SSSR count). The quantitative estimate of drug-likeness (QED) is 0.588. The van der Waals surface area contributed by atoms with Crippen LogP contribution < -0.4 is 0 Å². The van der Waals surface area contributed by atoms with Crippen molar-refractivity contribution in [2.24, 2.45) is 0 Å². The zero-order valence-electron chi connectivity index (χ0n) is 16.1. The molecule has 1 atom stereocenters. The Balaban J connectivity index is 1.49. The minimum atomic E-state index is -0.455. The second-order valence-electron chi connectivity index (χ2n) is 6.87. The molecular formula is C20H22N4O4S. The third-order valence-electron chi connectivity index (χ3n) is 4.86. The third kappa shape index (κ3) is 4.09. The van der Waals surface area contributed by atoms with Gasteiger partial charge in [0, 0.05) is 13.1 Å². The second-order valence-corrected chi connectivity index (χ2v) is 7.82. The Kier molecular flexibility index (Phi) is 5.75. The Hall–Kier alpha value is -2.94. The summed E-state index contributed by atoms with van der Waals surface area (Å²) in [5.74, 6) is 0.953. The number of rotatable bonds is 7. The highest BCUT2D eigenvalue weighted by molar-refractivity contribution is 7.12. The van der Waals surface area contributed by atoms with Gasteiger partial charge in [-0.2, -0.15) is 0 Å². The summed E-state index contributed by atoms with van der Waals surface area (Å²) < 4.78 is 10.9. The smallest absolute Gasteiger partial charge is 0.283 e. The molecule has 2 amide bonds. The van der Waals surface area contributed by atoms with Crippen LogP contribution in [0.1, 0.15) is 41.7 Å². The predicted octanol–water partition coefficient (Wildman–Crippen LogP) is 3.43. The number of hydrogen-bond donors (Lipinski definition) is 0. The van der Waals surface area contributed by atoms with Gasteiger partial charge < -0.3 is 18.6 Å². The highest BCUT2D eigenvalue weighted by Gasteiger charge is 2.37. The maximum atomic E-state index is 13.3. The molecule has 4 heterocycles. The van der Waals surface area contributed by atoms with E-state index >= 15 is 0 Å². The van der Waals surface area contributed by atoms with Gasteiger partial charge in [0.05, 0.1) is 17.7 Å². The van der Waals surface area contributed by atoms with E-state index in [2.05, 4.69) is 10.2 Å². The summed E-state index contributed by atoms with van der Waals surface area (Å²) in [5, 5.41) is 9.91. The highest BCUT2D eigenvalue weighted by atomic mass is 32.1. The van der Waals surface area contributed by atoms with Crippen molar-refractivity contribution in [3.63, 3.8) is 0 Å². The van der Waals surface area contributed by atoms with E-state index in [-0.39, 0.29) is 24.2 Å². The van der Waals surface area contributed by atoms with Crippen molar-refractivity contribution in [3.8, 4) is 11.7 Å². The number of carbonyl (C=O) groups is 2. The Morgan fingerprint density at radius 3 is 2.93 bits per heavy atom. The summed E-state index contributed by atoms with van der Waals surface area (Å²) in [6, 6.07) is 6.67. The largest absolute Gasteiger partial charge is 0.459 e. The van der Waals surface area contributed by atoms with Gasteiger partial charge in [-0.1, -0.05) is 13.0 Å². The molecule has 0 spiro atoms. The van der Waals surface area contributed by atoms with E-state index in [1.807, 2.05) is 18.4 Å². The summed E-state index contributed by atoms with van der Waals surface area (Å²) in [6.45, 7) is 3.36. The van der Waals surface area contributed by atoms with Crippen LogP contribution in [0, 0.1) is 0 Å². The first-order valence-corrected chi connectivity index (χ1v) is 10.5. The van der Waals surface area contributed by atoms with E-state index < -0.39 is 6.04 Å². The fraction of sp³-hybridized carbons (Fsp3) is 0.400. The molecular weight excluding hydrogens is 392 g/mol. The van der Waals surface area contributed by atoms with Crippen molar-refractivity contribution in [3.05, 3.63) is 46.7 Å². The highest BCUT2D eigenvalue weighted by Crippen LogP contribution is 2.25. The predicted molar refractivity (Wildman–Crippen MR) is 106 cm³/mol. The van der Waals surface area contributed by atoms with Crippen LogP contribution in [-0.4, -0.2) is 50.9 Å². The van der Waals surface area contributed by atoms with Crippen molar-refractivity contribution >= 4 is 23.2 Å². The van der Waals surface area contributed by atoms with Gasteiger partial charge in [-0.25, -0.2) is 0 Å². The van der Waals surface area contributed by atoms with Gasteiger partial charge in [0.1, 0.15) is 6.04 Å². The standard InChI is InChI=1S/C20H22N4O4S/c1-2-9-23(13-17-21-22-18(28-17)15-7-4-11-27-15)19(25)14-6-3-10-24(14)20(26)16-8-5-12-29-16/h4-5,7-8,11-12,14H,2-3,6,9-10,13H2,1H3/t14-/m0/s1. The molecule has 29 heavy (non-hydrogen) atoms. The molecule has 0 aliphatic carbocycles. The van der Waals surface area contributed by atoms with E-state index in [0.717, 1.165) is 12.8 Å². The molecule has 3 aromatic rings. The summed E-state index contributed by atoms with van der Waals surface area (Å²) in [7, 11) is 0. The lowest BCUT2D eigenvalue weighted by molar-refractivity contribution is -0.136. The topological polar surface area (TPSA) is 92.7 Å². The third-order valence-corrected chi connectivity index (χ3v) is 5.72. The van der Waals surface area contributed by atoms with E-state index in [1.54, 1.807) is 28.0 Å². The van der Waals surface area contributed by atoms with Crippen molar-refractivity contribution in [2.75, 3.05) is 13.1 Å². The van der Waals surface area contributed by atoms with Crippen LogP contribution in [0.3, 0.4) is 0 Å². The van der Waals surface area contributed by atoms with Crippen molar-refractivity contribution in [2.45, 2.75) is 38.8 Å². The number of carbonyl (C=O) groups excluding carboxylic acids is 2. The maximum absolute atomic E-state index is 13.3. The SMILES string of the molecule is CCCN(Cc1nnc(-c2ccco2)o1)C(=O)[C@@H]1CCCN1C(=O)c1cccs1. The molecule has 0 unspecified atom stereocenters. The minimum Gasteiger partial charge on any atom is -0.459 e. The van der Waals surface area contributed by atoms with E-state index in [0.29, 0.717) is 36.0 Å². The fourth-order valence-corrected chi connectivity index (χ4v) is 4.22. The zero-order valence-corrected chi connectivity index (χ0v) is 16.9. The van der Waals surface area contributed by atoms with Gasteiger partial charge >= 0.3 is 0 Å². The number of likely N-dealkylation sites (tertiary alicyclic amines) is 1. The molecule has 1 saturated heterocycles. The summed E-state index contributed by atoms with van der Waals surface area (Å²) >= 11 is 1.40. The average Bonchev–Trinajstić information content (AvgIpc) is 3.53. The first kappa shape index (κ1) is 19.4. The number of aromatic nitrogens is 2. The fourth-order valence-electron chi connectivity index (χ4n) is 3.54. The number of amides is 2. The van der Waals surface area contributed by atoms with Crippen LogP contribution in [0.15, 0.2) is 44.7 Å². The van der Waals surface area contributed by atoms with E-state index in [9.17, 15) is 9.59 Å². The Morgan fingerprint density at radius 1 is 1.31 bits per heavy atom. The lowest BCUT2D eigenvalue weighted by Crippen LogP contribution is -2.47. The first-order valence-electron chi connectivity index (χ1n) is 9.67. The first-order chi connectivity index (χ1) is 14.2. The maximum Gasteiger partial charge on any atom is 0.283 e. The number of hydrogen-bond acceptors (Lipinski definition) is 7. The van der Waals surface area contributed by atoms with Crippen LogP contribution in [0.2, 0.25) is 0 Å². The summed E-state index contributed by atoms with van der Waals surface area (Å²) in [6.07, 6.45) is 3.80. The number of furan rings is 1. The monoisotopic (exact) mass is 414 g/mol. The normalized spacial score (nSPS) is 16.3. The summed E-state index contributed by atoms with van der Waals surface area (Å²) in [5.41, 5.74) is 0. The molecule has 1 aliphatic heterocycles. The molecule has 0 N–H and O–H groups in total. The van der Waals surface area contributed by atoms with Gasteiger partial charge in [0.15, 0.2) is 5.76 Å². The summed E-state index contributed by atoms with van der Waals surface area (Å²) in [4.78, 5) is 30.1. The van der Waals surface area contributed by atoms with Crippen molar-refractivity contribution < 1.29 is 18.4 Å². The molecule has 0 aromatic carbocycles. The molecule has 0 saturated carbocycles. The van der Waals surface area contributed by atoms with Crippen molar-refractivity contribution in [1.82, 2.24) is 20.0 Å². The second kappa shape index (κ2) is 8.60. The van der Waals surface area contributed by atoms with Crippen LogP contribution >= 0.6 is 11.3 Å². The van der Waals surface area contributed by atoms with Gasteiger partial charge in [-0.3, -0.25) is 9.59 Å². The van der Waals surface area contributed by atoms with Crippen molar-refractivity contribution in [1.29, 1.82) is 0 Å². The van der Waals surface area contributed by atoms with Crippen LogP contribution in [0.5, 0.6) is 0 Å². The molecule has 9 heteroatoms. The Labute approximate surface area is 172 Å². The van der Waals surface area contributed by atoms with E-state index in [4.69, 9.17) is 8.83 Å². The average molecular weight is 414 g/mol. The minimum absolute atomic E-state index is 0.0768. The van der Waals surface area contributed by atoms with E-state index in [1.165, 1.54) is 17.6 Å². The van der Waals surface area contributed by atoms with Gasteiger partial charge in [-0.15, -0.1) is 21.5 Å². The van der Waals surface area contributed by atoms with Crippen LogP contribution in [0.4, 0.5) is 0 Å². The Morgan fingerprint density at radius 2 is 2.21 bits per heavy atom. The van der Waals surface area contributed by atoms with Crippen LogP contribution in [0.25, 0.3) is 11.7 Å². The lowest BCUT2D eigenvalue weighted by atomic mass is 10.1. The molecule has 3 aromatic heterocycles. The Bertz CT molecular complexity index is 951. The molecule has 152 valence electrons. The zero-order chi connectivity index (χ0) is 20.2. The van der Waals surface area contributed by atoms with Crippen LogP contribution in [-0.2, 0) is 11.3 Å². The van der Waals surface area contributed by atoms with Gasteiger partial charge in [0.2, 0.25) is 11.8 Å². The van der Waals surface area contributed by atoms with Gasteiger partial charge in [0.25, 0.3) is 11.8 Å². The molecule has 0 radical (unpaired) electrons. The molecule has 1 aliphatic rings.